The molecule has 0 aliphatic rings. The van der Waals surface area contributed by atoms with Crippen molar-refractivity contribution in [1.29, 1.82) is 0 Å². The van der Waals surface area contributed by atoms with Gasteiger partial charge in [-0.3, -0.25) is 9.59 Å². The van der Waals surface area contributed by atoms with E-state index in [0.29, 0.717) is 12.8 Å². The first-order chi connectivity index (χ1) is 9.71. The van der Waals surface area contributed by atoms with Gasteiger partial charge in [0.2, 0.25) is 0 Å². The molecule has 0 unspecified atom stereocenters. The number of carbonyl (C=O) groups excluding carboxylic acids is 1. The van der Waals surface area contributed by atoms with Gasteiger partial charge < -0.3 is 10.4 Å². The molecule has 4 nitrogen and oxygen atoms in total. The highest BCUT2D eigenvalue weighted by Gasteiger charge is 2.20. The fraction of sp³-hybridized carbons (Fsp3) is 0.467. The lowest BCUT2D eigenvalue weighted by molar-refractivity contribution is -0.137. The van der Waals surface area contributed by atoms with E-state index in [1.165, 1.54) is 0 Å². The summed E-state index contributed by atoms with van der Waals surface area (Å²) >= 11 is 0. The molecule has 21 heavy (non-hydrogen) atoms. The molecule has 0 radical (unpaired) electrons. The lowest BCUT2D eigenvalue weighted by Crippen LogP contribution is -2.29. The Morgan fingerprint density at radius 3 is 2.52 bits per heavy atom. The highest BCUT2D eigenvalue weighted by molar-refractivity contribution is 5.94. The van der Waals surface area contributed by atoms with Crippen molar-refractivity contribution in [3.05, 3.63) is 35.4 Å². The largest absolute Gasteiger partial charge is 0.481 e. The Balaban J connectivity index is 2.50. The van der Waals surface area contributed by atoms with Gasteiger partial charge in [0.25, 0.3) is 5.91 Å². The molecule has 116 valence electrons. The van der Waals surface area contributed by atoms with Crippen LogP contribution in [-0.2, 0) is 4.79 Å². The molecule has 1 amide bonds. The summed E-state index contributed by atoms with van der Waals surface area (Å²) in [5.41, 5.74) is -0.593. The second-order valence-corrected chi connectivity index (χ2v) is 5.69. The van der Waals surface area contributed by atoms with E-state index in [2.05, 4.69) is 5.32 Å². The van der Waals surface area contributed by atoms with Crippen molar-refractivity contribution in [2.24, 2.45) is 5.41 Å². The Morgan fingerprint density at radius 1 is 1.24 bits per heavy atom. The summed E-state index contributed by atoms with van der Waals surface area (Å²) < 4.78 is 26.4. The van der Waals surface area contributed by atoms with Gasteiger partial charge in [0.15, 0.2) is 0 Å². The molecule has 1 rings (SSSR count). The van der Waals surface area contributed by atoms with Gasteiger partial charge >= 0.3 is 5.97 Å². The Hall–Kier alpha value is -1.98. The maximum absolute atomic E-state index is 13.4. The number of halogens is 2. The predicted octanol–water partition coefficient (Wildman–Crippen LogP) is 2.98. The van der Waals surface area contributed by atoms with Gasteiger partial charge in [0, 0.05) is 13.0 Å². The average Bonchev–Trinajstić information content (AvgIpc) is 2.39. The zero-order valence-electron chi connectivity index (χ0n) is 12.1. The molecule has 0 atom stereocenters. The van der Waals surface area contributed by atoms with Crippen molar-refractivity contribution in [2.45, 2.75) is 33.1 Å². The van der Waals surface area contributed by atoms with Crippen molar-refractivity contribution >= 4 is 11.9 Å². The van der Waals surface area contributed by atoms with E-state index in [4.69, 9.17) is 5.11 Å². The summed E-state index contributed by atoms with van der Waals surface area (Å²) in [6.07, 6.45) is 1.08. The number of rotatable bonds is 7. The van der Waals surface area contributed by atoms with Gasteiger partial charge in [-0.15, -0.1) is 0 Å². The van der Waals surface area contributed by atoms with Gasteiger partial charge in [0.05, 0.1) is 5.56 Å². The van der Waals surface area contributed by atoms with Crippen molar-refractivity contribution < 1.29 is 23.5 Å². The fourth-order valence-electron chi connectivity index (χ4n) is 1.85. The lowest BCUT2D eigenvalue weighted by atomic mass is 9.84. The third-order valence-corrected chi connectivity index (χ3v) is 3.28. The van der Waals surface area contributed by atoms with Crippen molar-refractivity contribution in [2.75, 3.05) is 6.54 Å². The molecule has 1 aromatic carbocycles. The molecular formula is C15H19F2NO3. The van der Waals surface area contributed by atoms with Gasteiger partial charge in [-0.2, -0.15) is 0 Å². The molecule has 0 saturated carbocycles. The van der Waals surface area contributed by atoms with Crippen LogP contribution < -0.4 is 5.32 Å². The molecule has 0 fully saturated rings. The van der Waals surface area contributed by atoms with Gasteiger partial charge in [-0.1, -0.05) is 13.8 Å². The number of amides is 1. The first-order valence-corrected chi connectivity index (χ1v) is 6.66. The third kappa shape index (κ3) is 5.89. The molecule has 2 N–H and O–H groups in total. The Morgan fingerprint density at radius 2 is 1.90 bits per heavy atom. The van der Waals surface area contributed by atoms with Gasteiger partial charge in [-0.25, -0.2) is 8.78 Å². The van der Waals surface area contributed by atoms with Crippen LogP contribution in [-0.4, -0.2) is 23.5 Å². The Kier molecular flexibility index (Phi) is 5.81. The summed E-state index contributed by atoms with van der Waals surface area (Å²) in [5.74, 6) is -3.00. The fourth-order valence-corrected chi connectivity index (χ4v) is 1.85. The normalized spacial score (nSPS) is 11.2. The SMILES string of the molecule is CC(C)(CCNC(=O)c1cc(F)ccc1F)CCC(=O)O. The highest BCUT2D eigenvalue weighted by atomic mass is 19.1. The molecule has 0 aliphatic heterocycles. The van der Waals surface area contributed by atoms with Crippen LogP contribution in [0.5, 0.6) is 0 Å². The van der Waals surface area contributed by atoms with E-state index in [9.17, 15) is 18.4 Å². The van der Waals surface area contributed by atoms with E-state index in [0.717, 1.165) is 18.2 Å². The number of aliphatic carboxylic acids is 1. The molecular weight excluding hydrogens is 280 g/mol. The first kappa shape index (κ1) is 17.1. The summed E-state index contributed by atoms with van der Waals surface area (Å²) in [7, 11) is 0. The maximum atomic E-state index is 13.4. The van der Waals surface area contributed by atoms with Gasteiger partial charge in [-0.05, 0) is 36.5 Å². The van der Waals surface area contributed by atoms with Crippen LogP contribution in [0.15, 0.2) is 18.2 Å². The third-order valence-electron chi connectivity index (χ3n) is 3.28. The van der Waals surface area contributed by atoms with Gasteiger partial charge in [0.1, 0.15) is 11.6 Å². The molecule has 0 saturated heterocycles. The summed E-state index contributed by atoms with van der Waals surface area (Å²) in [5, 5.41) is 11.2. The summed E-state index contributed by atoms with van der Waals surface area (Å²) in [6, 6.07) is 2.70. The molecule has 6 heteroatoms. The molecule has 1 aromatic rings. The number of hydrogen-bond acceptors (Lipinski definition) is 2. The summed E-state index contributed by atoms with van der Waals surface area (Å²) in [6.45, 7) is 4.05. The number of carboxylic acids is 1. The van der Waals surface area contributed by atoms with Crippen LogP contribution in [0, 0.1) is 17.0 Å². The van der Waals surface area contributed by atoms with E-state index in [1.807, 2.05) is 13.8 Å². The molecule has 0 bridgehead atoms. The highest BCUT2D eigenvalue weighted by Crippen LogP contribution is 2.26. The second-order valence-electron chi connectivity index (χ2n) is 5.69. The minimum absolute atomic E-state index is 0.0550. The standard InChI is InChI=1S/C15H19F2NO3/c1-15(2,6-5-13(19)20)7-8-18-14(21)11-9-10(16)3-4-12(11)17/h3-4,9H,5-8H2,1-2H3,(H,18,21)(H,19,20). The monoisotopic (exact) mass is 299 g/mol. The van der Waals surface area contributed by atoms with E-state index < -0.39 is 23.5 Å². The van der Waals surface area contributed by atoms with E-state index in [-0.39, 0.29) is 23.9 Å². The van der Waals surface area contributed by atoms with Crippen molar-refractivity contribution in [3.63, 3.8) is 0 Å². The predicted molar refractivity (Wildman–Crippen MR) is 74.0 cm³/mol. The Bertz CT molecular complexity index is 530. The van der Waals surface area contributed by atoms with Crippen molar-refractivity contribution in [1.82, 2.24) is 5.32 Å². The number of benzene rings is 1. The zero-order valence-corrected chi connectivity index (χ0v) is 12.1. The van der Waals surface area contributed by atoms with Crippen LogP contribution >= 0.6 is 0 Å². The van der Waals surface area contributed by atoms with Crippen LogP contribution in [0.2, 0.25) is 0 Å². The van der Waals surface area contributed by atoms with E-state index >= 15 is 0 Å². The number of hydrogen-bond donors (Lipinski definition) is 2. The van der Waals surface area contributed by atoms with Crippen LogP contribution in [0.4, 0.5) is 8.78 Å². The quantitative estimate of drug-likeness (QED) is 0.813. The van der Waals surface area contributed by atoms with Crippen molar-refractivity contribution in [3.8, 4) is 0 Å². The Labute approximate surface area is 122 Å². The van der Waals surface area contributed by atoms with Crippen LogP contribution in [0.25, 0.3) is 0 Å². The topological polar surface area (TPSA) is 66.4 Å². The minimum Gasteiger partial charge on any atom is -0.481 e. The van der Waals surface area contributed by atoms with Crippen LogP contribution in [0.1, 0.15) is 43.5 Å². The minimum atomic E-state index is -0.867. The lowest BCUT2D eigenvalue weighted by Gasteiger charge is -2.23. The first-order valence-electron chi connectivity index (χ1n) is 6.66. The number of nitrogens with one attached hydrogen (secondary N) is 1. The smallest absolute Gasteiger partial charge is 0.303 e. The number of carboxylic acid groups (broad SMARTS) is 1. The molecule has 0 aliphatic carbocycles. The van der Waals surface area contributed by atoms with Crippen LogP contribution in [0.3, 0.4) is 0 Å². The average molecular weight is 299 g/mol. The zero-order chi connectivity index (χ0) is 16.0. The second kappa shape index (κ2) is 7.15. The van der Waals surface area contributed by atoms with E-state index in [1.54, 1.807) is 0 Å². The molecule has 0 heterocycles. The summed E-state index contributed by atoms with van der Waals surface area (Å²) in [4.78, 5) is 22.3. The maximum Gasteiger partial charge on any atom is 0.303 e. The molecule has 0 aromatic heterocycles. The number of carbonyl (C=O) groups is 2. The molecule has 0 spiro atoms.